The van der Waals surface area contributed by atoms with Crippen LogP contribution in [0.25, 0.3) is 0 Å². The Bertz CT molecular complexity index is 883. The van der Waals surface area contributed by atoms with Crippen molar-refractivity contribution in [2.75, 3.05) is 40.2 Å². The first-order chi connectivity index (χ1) is 13.9. The molecule has 1 aromatic heterocycles. The van der Waals surface area contributed by atoms with Gasteiger partial charge in [0.25, 0.3) is 11.8 Å². The Morgan fingerprint density at radius 3 is 2.72 bits per heavy atom. The number of benzene rings is 1. The fourth-order valence-electron chi connectivity index (χ4n) is 3.41. The van der Waals surface area contributed by atoms with Gasteiger partial charge in [0.15, 0.2) is 5.13 Å². The molecule has 1 unspecified atom stereocenters. The lowest BCUT2D eigenvalue weighted by molar-refractivity contribution is 0.0311. The number of piperidine rings is 1. The Labute approximate surface area is 174 Å². The highest BCUT2D eigenvalue weighted by atomic mass is 32.1. The summed E-state index contributed by atoms with van der Waals surface area (Å²) in [6.07, 6.45) is 3.11. The van der Waals surface area contributed by atoms with Gasteiger partial charge in [-0.25, -0.2) is 4.98 Å². The van der Waals surface area contributed by atoms with Crippen LogP contribution >= 0.6 is 11.3 Å². The van der Waals surface area contributed by atoms with Crippen LogP contribution in [-0.2, 0) is 0 Å². The molecule has 0 spiro atoms. The van der Waals surface area contributed by atoms with E-state index in [1.54, 1.807) is 30.7 Å². The lowest BCUT2D eigenvalue weighted by Crippen LogP contribution is -2.50. The molecule has 1 aromatic carbocycles. The Hall–Kier alpha value is -2.65. The van der Waals surface area contributed by atoms with Gasteiger partial charge in [-0.2, -0.15) is 0 Å². The SMILES string of the molecule is COc1ccc(C(=O)Nc2nc(C(=O)N3CCCCC3N(C)C)cs2)c(OC)c1. The van der Waals surface area contributed by atoms with Gasteiger partial charge < -0.3 is 14.4 Å². The molecule has 1 N–H and O–H groups in total. The van der Waals surface area contributed by atoms with Gasteiger partial charge in [-0.05, 0) is 45.5 Å². The van der Waals surface area contributed by atoms with E-state index in [1.807, 2.05) is 19.0 Å². The van der Waals surface area contributed by atoms with Crippen molar-refractivity contribution in [1.82, 2.24) is 14.8 Å². The van der Waals surface area contributed by atoms with Crippen molar-refractivity contribution in [1.29, 1.82) is 0 Å². The summed E-state index contributed by atoms with van der Waals surface area (Å²) >= 11 is 1.23. The van der Waals surface area contributed by atoms with Gasteiger partial charge in [0, 0.05) is 18.0 Å². The standard InChI is InChI=1S/C20H26N4O4S/c1-23(2)17-7-5-6-10-24(17)19(26)15-12-29-20(21-15)22-18(25)14-9-8-13(27-3)11-16(14)28-4/h8-9,11-12,17H,5-7,10H2,1-4H3,(H,21,22,25). The van der Waals surface area contributed by atoms with E-state index in [0.29, 0.717) is 34.4 Å². The zero-order valence-corrected chi connectivity index (χ0v) is 17.9. The lowest BCUT2D eigenvalue weighted by Gasteiger charge is -2.39. The third-order valence-electron chi connectivity index (χ3n) is 4.93. The van der Waals surface area contributed by atoms with E-state index >= 15 is 0 Å². The first kappa shape index (κ1) is 21.1. The third-order valence-corrected chi connectivity index (χ3v) is 5.68. The number of carbonyl (C=O) groups is 2. The van der Waals surface area contributed by atoms with E-state index < -0.39 is 0 Å². The summed E-state index contributed by atoms with van der Waals surface area (Å²) in [7, 11) is 6.99. The highest BCUT2D eigenvalue weighted by molar-refractivity contribution is 7.14. The van der Waals surface area contributed by atoms with Crippen LogP contribution in [0.2, 0.25) is 0 Å². The number of thiazole rings is 1. The maximum atomic E-state index is 13.0. The number of amides is 2. The van der Waals surface area contributed by atoms with Crippen molar-refractivity contribution in [3.8, 4) is 11.5 Å². The minimum Gasteiger partial charge on any atom is -0.497 e. The number of anilines is 1. The number of likely N-dealkylation sites (tertiary alicyclic amines) is 1. The fourth-order valence-corrected chi connectivity index (χ4v) is 4.09. The second-order valence-electron chi connectivity index (χ2n) is 7.00. The molecule has 3 rings (SSSR count). The number of nitrogens with one attached hydrogen (secondary N) is 1. The van der Waals surface area contributed by atoms with Gasteiger partial charge in [0.05, 0.1) is 25.9 Å². The van der Waals surface area contributed by atoms with E-state index in [9.17, 15) is 9.59 Å². The molecule has 1 saturated heterocycles. The third kappa shape index (κ3) is 4.68. The van der Waals surface area contributed by atoms with E-state index in [-0.39, 0.29) is 18.0 Å². The van der Waals surface area contributed by atoms with Gasteiger partial charge in [0.1, 0.15) is 17.2 Å². The van der Waals surface area contributed by atoms with E-state index in [4.69, 9.17) is 9.47 Å². The van der Waals surface area contributed by atoms with Crippen molar-refractivity contribution < 1.29 is 19.1 Å². The highest BCUT2D eigenvalue weighted by Gasteiger charge is 2.30. The number of methoxy groups -OCH3 is 2. The molecule has 9 heteroatoms. The zero-order chi connectivity index (χ0) is 21.0. The monoisotopic (exact) mass is 418 g/mol. The summed E-state index contributed by atoms with van der Waals surface area (Å²) in [6.45, 7) is 0.712. The first-order valence-electron chi connectivity index (χ1n) is 9.41. The van der Waals surface area contributed by atoms with Crippen molar-refractivity contribution in [2.45, 2.75) is 25.4 Å². The molecule has 2 aromatic rings. The van der Waals surface area contributed by atoms with Crippen molar-refractivity contribution >= 4 is 28.3 Å². The van der Waals surface area contributed by atoms with Gasteiger partial charge in [-0.3, -0.25) is 19.8 Å². The molecule has 156 valence electrons. The summed E-state index contributed by atoms with van der Waals surface area (Å²) in [4.78, 5) is 33.9. The van der Waals surface area contributed by atoms with Crippen molar-refractivity contribution in [3.63, 3.8) is 0 Å². The molecule has 2 heterocycles. The number of nitrogens with zero attached hydrogens (tertiary/aromatic N) is 3. The Kier molecular flexibility index (Phi) is 6.71. The van der Waals surface area contributed by atoms with Crippen LogP contribution in [0.15, 0.2) is 23.6 Å². The molecule has 0 bridgehead atoms. The second kappa shape index (κ2) is 9.23. The van der Waals surface area contributed by atoms with Gasteiger partial charge in [0.2, 0.25) is 0 Å². The topological polar surface area (TPSA) is 84.0 Å². The highest BCUT2D eigenvalue weighted by Crippen LogP contribution is 2.27. The van der Waals surface area contributed by atoms with E-state index in [2.05, 4.69) is 15.2 Å². The number of aromatic nitrogens is 1. The summed E-state index contributed by atoms with van der Waals surface area (Å²) in [5, 5.41) is 4.80. The summed E-state index contributed by atoms with van der Waals surface area (Å²) in [5.41, 5.74) is 0.709. The average molecular weight is 419 g/mol. The van der Waals surface area contributed by atoms with Crippen molar-refractivity contribution in [2.24, 2.45) is 0 Å². The minimum absolute atomic E-state index is 0.0690. The van der Waals surface area contributed by atoms with Crippen LogP contribution in [0.5, 0.6) is 11.5 Å². The fraction of sp³-hybridized carbons (Fsp3) is 0.450. The molecular weight excluding hydrogens is 392 g/mol. The summed E-state index contributed by atoms with van der Waals surface area (Å²) < 4.78 is 10.4. The van der Waals surface area contributed by atoms with Gasteiger partial charge in [-0.1, -0.05) is 0 Å². The lowest BCUT2D eigenvalue weighted by atomic mass is 10.1. The number of ether oxygens (including phenoxy) is 2. The van der Waals surface area contributed by atoms with Crippen LogP contribution in [0.1, 0.15) is 40.1 Å². The molecule has 0 saturated carbocycles. The molecule has 0 aliphatic carbocycles. The first-order valence-corrected chi connectivity index (χ1v) is 10.3. The number of hydrogen-bond acceptors (Lipinski definition) is 7. The molecular formula is C20H26N4O4S. The maximum absolute atomic E-state index is 13.0. The second-order valence-corrected chi connectivity index (χ2v) is 7.85. The molecule has 2 amide bonds. The van der Waals surface area contributed by atoms with E-state index in [0.717, 1.165) is 19.3 Å². The zero-order valence-electron chi connectivity index (χ0n) is 17.1. The number of hydrogen-bond donors (Lipinski definition) is 1. The van der Waals surface area contributed by atoms with Crippen LogP contribution < -0.4 is 14.8 Å². The summed E-state index contributed by atoms with van der Waals surface area (Å²) in [6, 6.07) is 4.96. The normalized spacial score (nSPS) is 16.6. The largest absolute Gasteiger partial charge is 0.497 e. The van der Waals surface area contributed by atoms with Crippen LogP contribution in [-0.4, -0.2) is 67.6 Å². The van der Waals surface area contributed by atoms with Crippen LogP contribution in [0.3, 0.4) is 0 Å². The molecule has 1 atom stereocenters. The predicted molar refractivity (Wildman–Crippen MR) is 112 cm³/mol. The Balaban J connectivity index is 1.73. The Morgan fingerprint density at radius 2 is 2.03 bits per heavy atom. The number of carbonyl (C=O) groups excluding carboxylic acids is 2. The van der Waals surface area contributed by atoms with Crippen LogP contribution in [0.4, 0.5) is 5.13 Å². The molecule has 0 radical (unpaired) electrons. The average Bonchev–Trinajstić information content (AvgIpc) is 3.20. The quantitative estimate of drug-likeness (QED) is 0.777. The molecule has 1 aliphatic rings. The molecule has 1 aliphatic heterocycles. The Morgan fingerprint density at radius 1 is 1.24 bits per heavy atom. The molecule has 1 fully saturated rings. The van der Waals surface area contributed by atoms with E-state index in [1.165, 1.54) is 18.4 Å². The van der Waals surface area contributed by atoms with Crippen molar-refractivity contribution in [3.05, 3.63) is 34.8 Å². The maximum Gasteiger partial charge on any atom is 0.274 e. The minimum atomic E-state index is -0.359. The van der Waals surface area contributed by atoms with Gasteiger partial charge >= 0.3 is 0 Å². The molecule has 29 heavy (non-hydrogen) atoms. The predicted octanol–water partition coefficient (Wildman–Crippen LogP) is 2.93. The number of rotatable bonds is 6. The van der Waals surface area contributed by atoms with Crippen LogP contribution in [0, 0.1) is 0 Å². The van der Waals surface area contributed by atoms with Gasteiger partial charge in [-0.15, -0.1) is 11.3 Å². The summed E-state index contributed by atoms with van der Waals surface area (Å²) in [5.74, 6) is 0.526. The molecule has 8 nitrogen and oxygen atoms in total. The smallest absolute Gasteiger partial charge is 0.274 e.